The quantitative estimate of drug-likeness (QED) is 0.519. The number of aryl methyl sites for hydroxylation is 1. The van der Waals surface area contributed by atoms with Gasteiger partial charge in [0.25, 0.3) is 5.91 Å². The maximum atomic E-state index is 13.6. The smallest absolute Gasteiger partial charge is 0.258 e. The Morgan fingerprint density at radius 3 is 2.19 bits per heavy atom. The molecule has 1 heterocycles. The summed E-state index contributed by atoms with van der Waals surface area (Å²) >= 11 is 0. The van der Waals surface area contributed by atoms with Gasteiger partial charge in [-0.05, 0) is 73.9 Å². The van der Waals surface area contributed by atoms with Crippen LogP contribution in [0.5, 0.6) is 5.75 Å². The maximum absolute atomic E-state index is 13.6. The van der Waals surface area contributed by atoms with Gasteiger partial charge in [0.1, 0.15) is 11.6 Å². The van der Waals surface area contributed by atoms with Gasteiger partial charge in [0.05, 0.1) is 7.11 Å². The van der Waals surface area contributed by atoms with Crippen molar-refractivity contribution < 1.29 is 13.9 Å². The Balaban J connectivity index is 1.50. The molecule has 166 valence electrons. The van der Waals surface area contributed by atoms with E-state index >= 15 is 0 Å². The number of halogens is 1. The Hall–Kier alpha value is -3.18. The average molecular weight is 433 g/mol. The molecule has 0 N–H and O–H groups in total. The summed E-state index contributed by atoms with van der Waals surface area (Å²) in [5.74, 6) is 0.532. The normalized spacial score (nSPS) is 14.8. The SMILES string of the molecule is COc1ccc(C(=O)N(c2ccc(C)cc2)C2CCN(Cc3ccc(F)cc3)CC2)cc1. The molecule has 1 saturated heterocycles. The van der Waals surface area contributed by atoms with Crippen LogP contribution in [0.15, 0.2) is 72.8 Å². The largest absolute Gasteiger partial charge is 0.497 e. The van der Waals surface area contributed by atoms with E-state index < -0.39 is 0 Å². The van der Waals surface area contributed by atoms with Crippen LogP contribution in [0, 0.1) is 12.7 Å². The molecule has 0 saturated carbocycles. The Kier molecular flexibility index (Phi) is 6.86. The highest BCUT2D eigenvalue weighted by Gasteiger charge is 2.30. The monoisotopic (exact) mass is 432 g/mol. The molecular weight excluding hydrogens is 403 g/mol. The summed E-state index contributed by atoms with van der Waals surface area (Å²) < 4.78 is 18.4. The lowest BCUT2D eigenvalue weighted by Gasteiger charge is -2.38. The molecule has 1 aliphatic rings. The zero-order valence-electron chi connectivity index (χ0n) is 18.6. The molecule has 0 bridgehead atoms. The van der Waals surface area contributed by atoms with Crippen LogP contribution in [0.1, 0.15) is 34.3 Å². The van der Waals surface area contributed by atoms with E-state index in [9.17, 15) is 9.18 Å². The van der Waals surface area contributed by atoms with Crippen molar-refractivity contribution in [2.24, 2.45) is 0 Å². The molecular formula is C27H29FN2O2. The lowest BCUT2D eigenvalue weighted by Crippen LogP contribution is -2.47. The zero-order valence-corrected chi connectivity index (χ0v) is 18.6. The van der Waals surface area contributed by atoms with Gasteiger partial charge < -0.3 is 9.64 Å². The van der Waals surface area contributed by atoms with Crippen molar-refractivity contribution in [3.05, 3.63) is 95.3 Å². The fourth-order valence-corrected chi connectivity index (χ4v) is 4.26. The predicted octanol–water partition coefficient (Wildman–Crippen LogP) is 5.45. The van der Waals surface area contributed by atoms with Crippen LogP contribution in [0.3, 0.4) is 0 Å². The van der Waals surface area contributed by atoms with Crippen molar-refractivity contribution in [1.29, 1.82) is 0 Å². The minimum atomic E-state index is -0.210. The van der Waals surface area contributed by atoms with Gasteiger partial charge in [0.2, 0.25) is 0 Å². The second-order valence-corrected chi connectivity index (χ2v) is 8.37. The fourth-order valence-electron chi connectivity index (χ4n) is 4.26. The van der Waals surface area contributed by atoms with Crippen molar-refractivity contribution in [2.75, 3.05) is 25.1 Å². The first-order valence-corrected chi connectivity index (χ1v) is 11.0. The van der Waals surface area contributed by atoms with Crippen LogP contribution >= 0.6 is 0 Å². The van der Waals surface area contributed by atoms with E-state index in [1.807, 2.05) is 72.5 Å². The Morgan fingerprint density at radius 2 is 1.59 bits per heavy atom. The lowest BCUT2D eigenvalue weighted by atomic mass is 10.00. The van der Waals surface area contributed by atoms with E-state index in [0.717, 1.165) is 49.5 Å². The van der Waals surface area contributed by atoms with Gasteiger partial charge in [-0.3, -0.25) is 9.69 Å². The van der Waals surface area contributed by atoms with E-state index in [4.69, 9.17) is 4.74 Å². The molecule has 0 aliphatic carbocycles. The summed E-state index contributed by atoms with van der Waals surface area (Å²) in [7, 11) is 1.62. The Morgan fingerprint density at radius 1 is 0.969 bits per heavy atom. The molecule has 1 amide bonds. The number of methoxy groups -OCH3 is 1. The van der Waals surface area contributed by atoms with Crippen molar-refractivity contribution in [3.8, 4) is 5.75 Å². The first-order chi connectivity index (χ1) is 15.5. The second-order valence-electron chi connectivity index (χ2n) is 8.37. The Bertz CT molecular complexity index is 1020. The summed E-state index contributed by atoms with van der Waals surface area (Å²) in [6.07, 6.45) is 1.77. The van der Waals surface area contributed by atoms with Crippen LogP contribution in [0.25, 0.3) is 0 Å². The van der Waals surface area contributed by atoms with Gasteiger partial charge in [-0.25, -0.2) is 4.39 Å². The minimum absolute atomic E-state index is 0.00786. The molecule has 4 rings (SSSR count). The molecule has 5 heteroatoms. The average Bonchev–Trinajstić information content (AvgIpc) is 2.83. The highest BCUT2D eigenvalue weighted by molar-refractivity contribution is 6.06. The number of hydrogen-bond acceptors (Lipinski definition) is 3. The number of likely N-dealkylation sites (tertiary alicyclic amines) is 1. The Labute approximate surface area is 189 Å². The molecule has 0 radical (unpaired) electrons. The van der Waals surface area contributed by atoms with Gasteiger partial charge in [0.15, 0.2) is 0 Å². The second kappa shape index (κ2) is 9.96. The maximum Gasteiger partial charge on any atom is 0.258 e. The molecule has 3 aromatic carbocycles. The highest BCUT2D eigenvalue weighted by Crippen LogP contribution is 2.27. The molecule has 0 atom stereocenters. The number of piperidine rings is 1. The van der Waals surface area contributed by atoms with Gasteiger partial charge >= 0.3 is 0 Å². The van der Waals surface area contributed by atoms with Crippen LogP contribution < -0.4 is 9.64 Å². The van der Waals surface area contributed by atoms with Gasteiger partial charge in [-0.2, -0.15) is 0 Å². The topological polar surface area (TPSA) is 32.8 Å². The molecule has 0 unspecified atom stereocenters. The standard InChI is InChI=1S/C27H29FN2O2/c1-20-3-11-24(12-4-20)30(27(31)22-7-13-26(32-2)14-8-22)25-15-17-29(18-16-25)19-21-5-9-23(28)10-6-21/h3-14,25H,15-19H2,1-2H3. The highest BCUT2D eigenvalue weighted by atomic mass is 19.1. The summed E-state index contributed by atoms with van der Waals surface area (Å²) in [6, 6.07) is 22.3. The van der Waals surface area contributed by atoms with Gasteiger partial charge in [-0.15, -0.1) is 0 Å². The van der Waals surface area contributed by atoms with Gasteiger partial charge in [-0.1, -0.05) is 29.8 Å². The molecule has 1 fully saturated rings. The fraction of sp³-hybridized carbons (Fsp3) is 0.296. The number of benzene rings is 3. The first-order valence-electron chi connectivity index (χ1n) is 11.0. The van der Waals surface area contributed by atoms with Crippen molar-refractivity contribution in [3.63, 3.8) is 0 Å². The third-order valence-electron chi connectivity index (χ3n) is 6.11. The number of carbonyl (C=O) groups is 1. The zero-order chi connectivity index (χ0) is 22.5. The molecule has 1 aliphatic heterocycles. The number of anilines is 1. The number of ether oxygens (including phenoxy) is 1. The van der Waals surface area contributed by atoms with Crippen molar-refractivity contribution in [2.45, 2.75) is 32.4 Å². The van der Waals surface area contributed by atoms with Crippen LogP contribution in [-0.4, -0.2) is 37.0 Å². The summed E-state index contributed by atoms with van der Waals surface area (Å²) in [5, 5.41) is 0. The van der Waals surface area contributed by atoms with E-state index in [1.165, 1.54) is 17.7 Å². The summed E-state index contributed by atoms with van der Waals surface area (Å²) in [5.41, 5.74) is 3.85. The number of carbonyl (C=O) groups excluding carboxylic acids is 1. The lowest BCUT2D eigenvalue weighted by molar-refractivity contribution is 0.0958. The number of hydrogen-bond donors (Lipinski definition) is 0. The summed E-state index contributed by atoms with van der Waals surface area (Å²) in [6.45, 7) is 4.62. The molecule has 0 aromatic heterocycles. The van der Waals surface area contributed by atoms with Gasteiger partial charge in [0, 0.05) is 36.9 Å². The van der Waals surface area contributed by atoms with E-state index in [1.54, 1.807) is 7.11 Å². The summed E-state index contributed by atoms with van der Waals surface area (Å²) in [4.78, 5) is 17.9. The third kappa shape index (κ3) is 5.17. The van der Waals surface area contributed by atoms with Crippen LogP contribution in [0.4, 0.5) is 10.1 Å². The third-order valence-corrected chi connectivity index (χ3v) is 6.11. The van der Waals surface area contributed by atoms with E-state index in [2.05, 4.69) is 4.90 Å². The molecule has 3 aromatic rings. The number of amides is 1. The van der Waals surface area contributed by atoms with Crippen LogP contribution in [0.2, 0.25) is 0 Å². The molecule has 32 heavy (non-hydrogen) atoms. The van der Waals surface area contributed by atoms with Crippen molar-refractivity contribution in [1.82, 2.24) is 4.90 Å². The van der Waals surface area contributed by atoms with E-state index in [0.29, 0.717) is 5.56 Å². The predicted molar refractivity (Wildman–Crippen MR) is 126 cm³/mol. The molecule has 4 nitrogen and oxygen atoms in total. The minimum Gasteiger partial charge on any atom is -0.497 e. The molecule has 0 spiro atoms. The number of nitrogens with zero attached hydrogens (tertiary/aromatic N) is 2. The van der Waals surface area contributed by atoms with E-state index in [-0.39, 0.29) is 17.8 Å². The van der Waals surface area contributed by atoms with Crippen LogP contribution in [-0.2, 0) is 6.54 Å². The number of rotatable bonds is 6. The van der Waals surface area contributed by atoms with Crippen molar-refractivity contribution >= 4 is 11.6 Å². The first kappa shape index (κ1) is 22.0.